The number of rotatable bonds is 3. The van der Waals surface area contributed by atoms with Crippen LogP contribution in [0.4, 0.5) is 5.69 Å². The Morgan fingerprint density at radius 1 is 1.05 bits per heavy atom. The predicted octanol–water partition coefficient (Wildman–Crippen LogP) is 5.27. The van der Waals surface area contributed by atoms with E-state index in [0.717, 1.165) is 16.8 Å². The number of halogens is 3. The standard InChI is InChI=1S/C14H12Cl3NO/c1-8-6-9(19)2-5-13(8)18-7-10-11(15)3-4-12(16)14(10)17/h2-6,18-19H,7H2,1H3. The molecule has 0 aliphatic heterocycles. The van der Waals surface area contributed by atoms with Crippen molar-refractivity contribution in [3.05, 3.63) is 56.5 Å². The summed E-state index contributed by atoms with van der Waals surface area (Å²) < 4.78 is 0. The third-order valence-electron chi connectivity index (χ3n) is 2.80. The quantitative estimate of drug-likeness (QED) is 0.597. The van der Waals surface area contributed by atoms with Gasteiger partial charge in [0.2, 0.25) is 0 Å². The summed E-state index contributed by atoms with van der Waals surface area (Å²) in [4.78, 5) is 0. The highest BCUT2D eigenvalue weighted by atomic mass is 35.5. The molecule has 0 atom stereocenters. The summed E-state index contributed by atoms with van der Waals surface area (Å²) in [7, 11) is 0. The smallest absolute Gasteiger partial charge is 0.115 e. The number of phenols is 1. The molecule has 2 aromatic carbocycles. The van der Waals surface area contributed by atoms with Crippen molar-refractivity contribution < 1.29 is 5.11 Å². The Bertz CT molecular complexity index is 614. The van der Waals surface area contributed by atoms with E-state index < -0.39 is 0 Å². The molecule has 0 aliphatic carbocycles. The van der Waals surface area contributed by atoms with Gasteiger partial charge in [0.15, 0.2) is 0 Å². The Hall–Kier alpha value is -1.09. The molecule has 0 saturated carbocycles. The lowest BCUT2D eigenvalue weighted by molar-refractivity contribution is 0.475. The molecule has 0 aliphatic rings. The van der Waals surface area contributed by atoms with Gasteiger partial charge < -0.3 is 10.4 Å². The maximum absolute atomic E-state index is 9.36. The zero-order valence-electron chi connectivity index (χ0n) is 10.2. The number of phenolic OH excluding ortho intramolecular Hbond substituents is 1. The second-order valence-electron chi connectivity index (χ2n) is 4.17. The van der Waals surface area contributed by atoms with Gasteiger partial charge in [-0.15, -0.1) is 0 Å². The van der Waals surface area contributed by atoms with Gasteiger partial charge in [-0.3, -0.25) is 0 Å². The molecule has 0 radical (unpaired) electrons. The number of hydrogen-bond donors (Lipinski definition) is 2. The molecule has 0 spiro atoms. The van der Waals surface area contributed by atoms with Crippen LogP contribution in [0.3, 0.4) is 0 Å². The third kappa shape index (κ3) is 3.27. The molecule has 0 unspecified atom stereocenters. The summed E-state index contributed by atoms with van der Waals surface area (Å²) in [5.41, 5.74) is 2.60. The minimum atomic E-state index is 0.238. The first-order valence-electron chi connectivity index (χ1n) is 5.65. The number of hydrogen-bond acceptors (Lipinski definition) is 2. The number of anilines is 1. The minimum Gasteiger partial charge on any atom is -0.508 e. The second kappa shape index (κ2) is 5.91. The predicted molar refractivity (Wildman–Crippen MR) is 81.6 cm³/mol. The number of aryl methyl sites for hydroxylation is 1. The molecule has 2 rings (SSSR count). The van der Waals surface area contributed by atoms with Crippen LogP contribution in [-0.4, -0.2) is 5.11 Å². The second-order valence-corrected chi connectivity index (χ2v) is 5.37. The van der Waals surface area contributed by atoms with E-state index in [1.54, 1.807) is 30.3 Å². The van der Waals surface area contributed by atoms with Gasteiger partial charge in [-0.2, -0.15) is 0 Å². The first kappa shape index (κ1) is 14.3. The monoisotopic (exact) mass is 315 g/mol. The summed E-state index contributed by atoms with van der Waals surface area (Å²) in [6, 6.07) is 8.50. The Morgan fingerprint density at radius 2 is 1.74 bits per heavy atom. The lowest BCUT2D eigenvalue weighted by Gasteiger charge is -2.13. The van der Waals surface area contributed by atoms with Crippen LogP contribution in [0.15, 0.2) is 30.3 Å². The molecular weight excluding hydrogens is 305 g/mol. The van der Waals surface area contributed by atoms with E-state index in [2.05, 4.69) is 5.32 Å². The normalized spacial score (nSPS) is 10.5. The molecule has 0 amide bonds. The first-order chi connectivity index (χ1) is 8.99. The van der Waals surface area contributed by atoms with Crippen molar-refractivity contribution in [1.82, 2.24) is 0 Å². The van der Waals surface area contributed by atoms with E-state index in [1.165, 1.54) is 0 Å². The molecule has 5 heteroatoms. The topological polar surface area (TPSA) is 32.3 Å². The largest absolute Gasteiger partial charge is 0.508 e. The maximum atomic E-state index is 9.36. The van der Waals surface area contributed by atoms with E-state index >= 15 is 0 Å². The van der Waals surface area contributed by atoms with Crippen LogP contribution >= 0.6 is 34.8 Å². The zero-order valence-corrected chi connectivity index (χ0v) is 12.4. The molecule has 0 bridgehead atoms. The molecule has 0 aromatic heterocycles. The van der Waals surface area contributed by atoms with Crippen molar-refractivity contribution in [2.45, 2.75) is 13.5 Å². The summed E-state index contributed by atoms with van der Waals surface area (Å²) in [6.07, 6.45) is 0. The fourth-order valence-corrected chi connectivity index (χ4v) is 2.44. The van der Waals surface area contributed by atoms with Crippen LogP contribution in [0, 0.1) is 6.92 Å². The van der Waals surface area contributed by atoms with E-state index in [4.69, 9.17) is 34.8 Å². The van der Waals surface area contributed by atoms with E-state index in [9.17, 15) is 5.11 Å². The molecule has 19 heavy (non-hydrogen) atoms. The van der Waals surface area contributed by atoms with Crippen molar-refractivity contribution >= 4 is 40.5 Å². The molecule has 0 saturated heterocycles. The Kier molecular flexibility index (Phi) is 4.46. The fraction of sp³-hybridized carbons (Fsp3) is 0.143. The molecule has 2 aromatic rings. The third-order valence-corrected chi connectivity index (χ3v) is 4.00. The Morgan fingerprint density at radius 3 is 2.42 bits per heavy atom. The Labute approximate surface area is 126 Å². The van der Waals surface area contributed by atoms with Crippen molar-refractivity contribution in [2.24, 2.45) is 0 Å². The number of nitrogens with one attached hydrogen (secondary N) is 1. The van der Waals surface area contributed by atoms with Gasteiger partial charge in [0.1, 0.15) is 5.75 Å². The summed E-state index contributed by atoms with van der Waals surface area (Å²) >= 11 is 18.2. The molecular formula is C14H12Cl3NO. The van der Waals surface area contributed by atoms with Gasteiger partial charge in [0.05, 0.1) is 10.0 Å². The zero-order chi connectivity index (χ0) is 14.0. The lowest BCUT2D eigenvalue weighted by Crippen LogP contribution is -2.02. The molecule has 100 valence electrons. The van der Waals surface area contributed by atoms with Crippen LogP contribution < -0.4 is 5.32 Å². The molecule has 0 fully saturated rings. The van der Waals surface area contributed by atoms with Crippen molar-refractivity contribution in [2.75, 3.05) is 5.32 Å². The van der Waals surface area contributed by atoms with Gasteiger partial charge in [-0.25, -0.2) is 0 Å². The van der Waals surface area contributed by atoms with Crippen molar-refractivity contribution in [3.8, 4) is 5.75 Å². The van der Waals surface area contributed by atoms with E-state index in [1.807, 2.05) is 6.92 Å². The van der Waals surface area contributed by atoms with E-state index in [0.29, 0.717) is 21.6 Å². The first-order valence-corrected chi connectivity index (χ1v) is 6.78. The minimum absolute atomic E-state index is 0.238. The van der Waals surface area contributed by atoms with Gasteiger partial charge in [-0.1, -0.05) is 34.8 Å². The summed E-state index contributed by atoms with van der Waals surface area (Å²) in [6.45, 7) is 2.37. The van der Waals surface area contributed by atoms with Crippen LogP contribution in [0.5, 0.6) is 5.75 Å². The highest BCUT2D eigenvalue weighted by Crippen LogP contribution is 2.32. The van der Waals surface area contributed by atoms with Gasteiger partial charge >= 0.3 is 0 Å². The van der Waals surface area contributed by atoms with Crippen LogP contribution in [-0.2, 0) is 6.54 Å². The Balaban J connectivity index is 2.21. The van der Waals surface area contributed by atoms with Gasteiger partial charge in [0, 0.05) is 22.8 Å². The molecule has 2 N–H and O–H groups in total. The van der Waals surface area contributed by atoms with E-state index in [-0.39, 0.29) is 5.75 Å². The highest BCUT2D eigenvalue weighted by molar-refractivity contribution is 6.44. The molecule has 0 heterocycles. The highest BCUT2D eigenvalue weighted by Gasteiger charge is 2.10. The fourth-order valence-electron chi connectivity index (χ4n) is 1.76. The van der Waals surface area contributed by atoms with Crippen molar-refractivity contribution in [3.63, 3.8) is 0 Å². The summed E-state index contributed by atoms with van der Waals surface area (Å²) in [5, 5.41) is 14.1. The van der Waals surface area contributed by atoms with Crippen LogP contribution in [0.2, 0.25) is 15.1 Å². The van der Waals surface area contributed by atoms with Gasteiger partial charge in [-0.05, 0) is 42.8 Å². The van der Waals surface area contributed by atoms with Crippen molar-refractivity contribution in [1.29, 1.82) is 0 Å². The molecule has 2 nitrogen and oxygen atoms in total. The van der Waals surface area contributed by atoms with Crippen LogP contribution in [0.25, 0.3) is 0 Å². The summed E-state index contributed by atoms with van der Waals surface area (Å²) in [5.74, 6) is 0.238. The lowest BCUT2D eigenvalue weighted by atomic mass is 10.1. The SMILES string of the molecule is Cc1cc(O)ccc1NCc1c(Cl)ccc(Cl)c1Cl. The van der Waals surface area contributed by atoms with Gasteiger partial charge in [0.25, 0.3) is 0 Å². The number of aromatic hydroxyl groups is 1. The van der Waals surface area contributed by atoms with Crippen LogP contribution in [0.1, 0.15) is 11.1 Å². The maximum Gasteiger partial charge on any atom is 0.115 e. The average Bonchev–Trinajstić information content (AvgIpc) is 2.36. The average molecular weight is 317 g/mol. The number of benzene rings is 2.